The molecule has 1 atom stereocenters. The molecule has 1 aliphatic rings. The first-order chi connectivity index (χ1) is 3.43. The lowest BCUT2D eigenvalue weighted by Crippen LogP contribution is -2.26. The summed E-state index contributed by atoms with van der Waals surface area (Å²) >= 11 is 0. The van der Waals surface area contributed by atoms with E-state index < -0.39 is 0 Å². The van der Waals surface area contributed by atoms with Gasteiger partial charge in [-0.2, -0.15) is 0 Å². The Kier molecular flexibility index (Phi) is 1.69. The molecule has 1 heteroatoms. The fraction of sp³-hybridized carbons (Fsp3) is 0.833. The largest absolute Gasteiger partial charge is 0.378 e. The molecule has 1 heterocycles. The van der Waals surface area contributed by atoms with Crippen LogP contribution in [0.25, 0.3) is 0 Å². The van der Waals surface area contributed by atoms with Crippen LogP contribution in [0.2, 0.25) is 0 Å². The molecule has 1 saturated heterocycles. The van der Waals surface area contributed by atoms with Gasteiger partial charge in [0.05, 0.1) is 6.10 Å². The summed E-state index contributed by atoms with van der Waals surface area (Å²) in [6.07, 6.45) is 5.14. The van der Waals surface area contributed by atoms with E-state index in [0.29, 0.717) is 6.10 Å². The van der Waals surface area contributed by atoms with Crippen molar-refractivity contribution in [1.29, 1.82) is 0 Å². The SMILES string of the molecule is C[CH]CC1CCO1. The van der Waals surface area contributed by atoms with Crippen LogP contribution in [0, 0.1) is 6.42 Å². The van der Waals surface area contributed by atoms with Crippen molar-refractivity contribution < 1.29 is 4.74 Å². The van der Waals surface area contributed by atoms with Crippen LogP contribution in [-0.2, 0) is 4.74 Å². The maximum Gasteiger partial charge on any atom is 0.0599 e. The molecule has 0 saturated carbocycles. The molecule has 0 N–H and O–H groups in total. The van der Waals surface area contributed by atoms with Crippen LogP contribution in [0.5, 0.6) is 0 Å². The van der Waals surface area contributed by atoms with Gasteiger partial charge in [-0.25, -0.2) is 0 Å². The van der Waals surface area contributed by atoms with Gasteiger partial charge in [-0.15, -0.1) is 0 Å². The van der Waals surface area contributed by atoms with Gasteiger partial charge in [-0.1, -0.05) is 6.92 Å². The molecule has 0 aromatic carbocycles. The standard InChI is InChI=1S/C6H11O/c1-2-3-6-4-5-7-6/h2,6H,3-5H2,1H3. The fourth-order valence-corrected chi connectivity index (χ4v) is 0.733. The molecule has 0 aliphatic carbocycles. The van der Waals surface area contributed by atoms with Gasteiger partial charge in [0.15, 0.2) is 0 Å². The highest BCUT2D eigenvalue weighted by atomic mass is 16.5. The van der Waals surface area contributed by atoms with Gasteiger partial charge in [-0.3, -0.25) is 0 Å². The van der Waals surface area contributed by atoms with Crippen LogP contribution in [0.4, 0.5) is 0 Å². The molecule has 0 aromatic heterocycles. The van der Waals surface area contributed by atoms with Crippen molar-refractivity contribution in [3.05, 3.63) is 6.42 Å². The fourth-order valence-electron chi connectivity index (χ4n) is 0.733. The van der Waals surface area contributed by atoms with E-state index in [2.05, 4.69) is 13.3 Å². The van der Waals surface area contributed by atoms with Gasteiger partial charge < -0.3 is 4.74 Å². The zero-order chi connectivity index (χ0) is 5.11. The molecule has 1 radical (unpaired) electrons. The molecular formula is C6H11O. The lowest BCUT2D eigenvalue weighted by Gasteiger charge is -2.25. The summed E-state index contributed by atoms with van der Waals surface area (Å²) in [4.78, 5) is 0. The average molecular weight is 99.2 g/mol. The van der Waals surface area contributed by atoms with E-state index in [0.717, 1.165) is 13.0 Å². The third kappa shape index (κ3) is 1.16. The first kappa shape index (κ1) is 5.10. The Balaban J connectivity index is 1.93. The quantitative estimate of drug-likeness (QED) is 0.508. The normalized spacial score (nSPS) is 29.6. The van der Waals surface area contributed by atoms with E-state index in [4.69, 9.17) is 4.74 Å². The first-order valence-electron chi connectivity index (χ1n) is 2.83. The molecule has 0 aromatic rings. The number of ether oxygens (including phenoxy) is 1. The molecule has 41 valence electrons. The smallest absolute Gasteiger partial charge is 0.0599 e. The van der Waals surface area contributed by atoms with Crippen LogP contribution < -0.4 is 0 Å². The van der Waals surface area contributed by atoms with E-state index in [1.54, 1.807) is 0 Å². The van der Waals surface area contributed by atoms with Crippen LogP contribution in [0.3, 0.4) is 0 Å². The summed E-state index contributed by atoms with van der Waals surface area (Å²) < 4.78 is 5.14. The Morgan fingerprint density at radius 3 is 2.71 bits per heavy atom. The van der Waals surface area contributed by atoms with Crippen molar-refractivity contribution in [3.63, 3.8) is 0 Å². The van der Waals surface area contributed by atoms with Crippen molar-refractivity contribution in [2.45, 2.75) is 25.9 Å². The van der Waals surface area contributed by atoms with Crippen molar-refractivity contribution in [2.24, 2.45) is 0 Å². The Bertz CT molecular complexity index is 48.1. The van der Waals surface area contributed by atoms with Crippen LogP contribution >= 0.6 is 0 Å². The number of rotatable bonds is 2. The average Bonchev–Trinajstić information content (AvgIpc) is 1.55. The van der Waals surface area contributed by atoms with E-state index in [1.165, 1.54) is 6.42 Å². The van der Waals surface area contributed by atoms with Gasteiger partial charge in [-0.05, 0) is 19.3 Å². The lowest BCUT2D eigenvalue weighted by molar-refractivity contribution is -0.0496. The summed E-state index contributed by atoms with van der Waals surface area (Å²) in [5.74, 6) is 0. The summed E-state index contributed by atoms with van der Waals surface area (Å²) in [6, 6.07) is 0. The molecule has 1 unspecified atom stereocenters. The van der Waals surface area contributed by atoms with Gasteiger partial charge in [0.1, 0.15) is 0 Å². The van der Waals surface area contributed by atoms with Gasteiger partial charge >= 0.3 is 0 Å². The first-order valence-corrected chi connectivity index (χ1v) is 2.83. The minimum atomic E-state index is 0.574. The third-order valence-electron chi connectivity index (χ3n) is 1.29. The van der Waals surface area contributed by atoms with E-state index in [9.17, 15) is 0 Å². The van der Waals surface area contributed by atoms with Crippen LogP contribution in [0.15, 0.2) is 0 Å². The molecule has 1 aliphatic heterocycles. The Labute approximate surface area is 44.7 Å². The predicted octanol–water partition coefficient (Wildman–Crippen LogP) is 1.39. The van der Waals surface area contributed by atoms with Crippen molar-refractivity contribution in [1.82, 2.24) is 0 Å². The predicted molar refractivity (Wildman–Crippen MR) is 28.9 cm³/mol. The highest BCUT2D eigenvalue weighted by Crippen LogP contribution is 2.14. The number of hydrogen-bond acceptors (Lipinski definition) is 1. The zero-order valence-electron chi connectivity index (χ0n) is 4.68. The molecule has 1 nitrogen and oxygen atoms in total. The zero-order valence-corrected chi connectivity index (χ0v) is 4.68. The Hall–Kier alpha value is -0.0400. The van der Waals surface area contributed by atoms with Crippen molar-refractivity contribution >= 4 is 0 Å². The molecule has 0 bridgehead atoms. The second kappa shape index (κ2) is 2.31. The van der Waals surface area contributed by atoms with Gasteiger partial charge in [0, 0.05) is 6.61 Å². The molecule has 1 fully saturated rings. The van der Waals surface area contributed by atoms with Crippen molar-refractivity contribution in [3.8, 4) is 0 Å². The molecule has 7 heavy (non-hydrogen) atoms. The second-order valence-electron chi connectivity index (χ2n) is 1.93. The third-order valence-corrected chi connectivity index (χ3v) is 1.29. The van der Waals surface area contributed by atoms with E-state index >= 15 is 0 Å². The molecular weight excluding hydrogens is 88.1 g/mol. The van der Waals surface area contributed by atoms with E-state index in [1.807, 2.05) is 0 Å². The minimum Gasteiger partial charge on any atom is -0.378 e. The highest BCUT2D eigenvalue weighted by Gasteiger charge is 2.15. The Morgan fingerprint density at radius 2 is 2.57 bits per heavy atom. The molecule has 0 spiro atoms. The topological polar surface area (TPSA) is 9.23 Å². The van der Waals surface area contributed by atoms with Crippen molar-refractivity contribution in [2.75, 3.05) is 6.61 Å². The number of hydrogen-bond donors (Lipinski definition) is 0. The van der Waals surface area contributed by atoms with E-state index in [-0.39, 0.29) is 0 Å². The Morgan fingerprint density at radius 1 is 1.86 bits per heavy atom. The molecule has 0 amide bonds. The summed E-state index contributed by atoms with van der Waals surface area (Å²) in [5, 5.41) is 0. The monoisotopic (exact) mass is 99.1 g/mol. The van der Waals surface area contributed by atoms with Gasteiger partial charge in [0.25, 0.3) is 0 Å². The second-order valence-corrected chi connectivity index (χ2v) is 1.93. The summed E-state index contributed by atoms with van der Waals surface area (Å²) in [5.41, 5.74) is 0. The maximum absolute atomic E-state index is 5.14. The van der Waals surface area contributed by atoms with Crippen LogP contribution in [-0.4, -0.2) is 12.7 Å². The summed E-state index contributed by atoms with van der Waals surface area (Å²) in [7, 11) is 0. The molecule has 1 rings (SSSR count). The maximum atomic E-state index is 5.14. The summed E-state index contributed by atoms with van der Waals surface area (Å²) in [6.45, 7) is 3.06. The minimum absolute atomic E-state index is 0.574. The highest BCUT2D eigenvalue weighted by molar-refractivity contribution is 4.71. The van der Waals surface area contributed by atoms with Crippen LogP contribution in [0.1, 0.15) is 19.8 Å². The lowest BCUT2D eigenvalue weighted by atomic mass is 10.1. The van der Waals surface area contributed by atoms with Gasteiger partial charge in [0.2, 0.25) is 0 Å².